The summed E-state index contributed by atoms with van der Waals surface area (Å²) in [6.45, 7) is 14.4. The zero-order chi connectivity index (χ0) is 29.3. The molecule has 2 heterocycles. The standard InChI is InChI=1S/C22H19N2O.C13H24O2.Ir/c1-22(2,3)20-12-17(10-11-23-20)25-21-13-19-16(14-24-21)9-8-15-6-4-5-7-18(15)19;1-5-10(6-2)12(14)9-13(15)11(7-3)8-4;/h4-9,11-14H,1-3H3;9-11,14H,5-8H2,1-4H3;/q-1;;/b;12-9-;. The van der Waals surface area contributed by atoms with Gasteiger partial charge < -0.3 is 9.84 Å². The van der Waals surface area contributed by atoms with Crippen LogP contribution >= 0.6 is 0 Å². The predicted molar refractivity (Wildman–Crippen MR) is 165 cm³/mol. The van der Waals surface area contributed by atoms with Gasteiger partial charge in [0.25, 0.3) is 0 Å². The van der Waals surface area contributed by atoms with Crippen molar-refractivity contribution in [3.63, 3.8) is 0 Å². The number of carbonyl (C=O) groups excluding carboxylic acids is 1. The molecule has 0 saturated heterocycles. The fraction of sp³-hybridized carbons (Fsp3) is 0.400. The smallest absolute Gasteiger partial charge is 0.216 e. The Kier molecular flexibility index (Phi) is 13.1. The van der Waals surface area contributed by atoms with Crippen molar-refractivity contribution in [1.82, 2.24) is 9.97 Å². The third-order valence-corrected chi connectivity index (χ3v) is 7.35. The minimum Gasteiger partial charge on any atom is -0.512 e. The zero-order valence-electron chi connectivity index (χ0n) is 25.3. The van der Waals surface area contributed by atoms with Crippen LogP contribution in [0.3, 0.4) is 0 Å². The molecule has 221 valence electrons. The van der Waals surface area contributed by atoms with Gasteiger partial charge in [0.2, 0.25) is 5.88 Å². The van der Waals surface area contributed by atoms with Gasteiger partial charge in [-0.05, 0) is 58.7 Å². The molecule has 2 aromatic heterocycles. The molecule has 4 rings (SSSR count). The summed E-state index contributed by atoms with van der Waals surface area (Å²) < 4.78 is 5.96. The van der Waals surface area contributed by atoms with Crippen LogP contribution in [0.1, 0.15) is 79.8 Å². The number of hydrogen-bond acceptors (Lipinski definition) is 5. The van der Waals surface area contributed by atoms with E-state index in [1.54, 1.807) is 6.20 Å². The second kappa shape index (κ2) is 15.8. The second-order valence-corrected chi connectivity index (χ2v) is 11.2. The summed E-state index contributed by atoms with van der Waals surface area (Å²) in [5, 5.41) is 14.4. The van der Waals surface area contributed by atoms with E-state index in [2.05, 4.69) is 67.1 Å². The van der Waals surface area contributed by atoms with Gasteiger partial charge in [0, 0.05) is 55.7 Å². The van der Waals surface area contributed by atoms with Crippen LogP contribution in [-0.4, -0.2) is 20.9 Å². The number of ketones is 1. The number of hydrogen-bond donors (Lipinski definition) is 1. The van der Waals surface area contributed by atoms with Gasteiger partial charge in [-0.1, -0.05) is 91.1 Å². The molecule has 6 heteroatoms. The number of benzene rings is 2. The minimum atomic E-state index is -0.0414. The van der Waals surface area contributed by atoms with Crippen molar-refractivity contribution in [3.05, 3.63) is 84.5 Å². The monoisotopic (exact) mass is 732 g/mol. The molecule has 0 amide bonds. The third-order valence-electron chi connectivity index (χ3n) is 7.35. The number of fused-ring (bicyclic) bond motifs is 3. The summed E-state index contributed by atoms with van der Waals surface area (Å²) in [6, 6.07) is 19.5. The Hall–Kier alpha value is -3.08. The van der Waals surface area contributed by atoms with Crippen LogP contribution in [0, 0.1) is 17.9 Å². The first-order chi connectivity index (χ1) is 19.1. The summed E-state index contributed by atoms with van der Waals surface area (Å²) >= 11 is 0. The molecule has 0 atom stereocenters. The summed E-state index contributed by atoms with van der Waals surface area (Å²) in [5.74, 6) is 1.74. The first-order valence-electron chi connectivity index (χ1n) is 14.4. The first-order valence-corrected chi connectivity index (χ1v) is 14.4. The van der Waals surface area contributed by atoms with Gasteiger partial charge in [0.1, 0.15) is 0 Å². The van der Waals surface area contributed by atoms with E-state index < -0.39 is 0 Å². The molecule has 2 aromatic carbocycles. The Morgan fingerprint density at radius 1 is 0.902 bits per heavy atom. The minimum absolute atomic E-state index is 0. The van der Waals surface area contributed by atoms with E-state index in [1.807, 2.05) is 52.1 Å². The van der Waals surface area contributed by atoms with Crippen molar-refractivity contribution in [1.29, 1.82) is 0 Å². The molecule has 0 spiro atoms. The Bertz CT molecular complexity index is 1450. The number of aromatic nitrogens is 2. The number of allylic oxidation sites excluding steroid dienone is 2. The number of ether oxygens (including phenoxy) is 1. The fourth-order valence-corrected chi connectivity index (χ4v) is 4.67. The topological polar surface area (TPSA) is 72.3 Å². The molecular formula is C35H43IrN2O3-. The quantitative estimate of drug-likeness (QED) is 0.0804. The van der Waals surface area contributed by atoms with E-state index >= 15 is 0 Å². The van der Waals surface area contributed by atoms with Gasteiger partial charge >= 0.3 is 0 Å². The van der Waals surface area contributed by atoms with Gasteiger partial charge in [-0.25, -0.2) is 4.98 Å². The molecule has 4 aromatic rings. The van der Waals surface area contributed by atoms with Crippen LogP contribution in [0.4, 0.5) is 0 Å². The summed E-state index contributed by atoms with van der Waals surface area (Å²) in [5.41, 5.74) is 0.924. The van der Waals surface area contributed by atoms with Crippen LogP contribution in [0.2, 0.25) is 0 Å². The molecule has 0 aliphatic carbocycles. The van der Waals surface area contributed by atoms with Crippen molar-refractivity contribution < 1.29 is 34.7 Å². The van der Waals surface area contributed by atoms with E-state index in [9.17, 15) is 9.90 Å². The third kappa shape index (κ3) is 9.21. The maximum Gasteiger partial charge on any atom is 0.216 e. The van der Waals surface area contributed by atoms with Crippen LogP contribution in [0.25, 0.3) is 21.5 Å². The van der Waals surface area contributed by atoms with E-state index in [0.717, 1.165) is 42.1 Å². The van der Waals surface area contributed by atoms with Crippen molar-refractivity contribution in [3.8, 4) is 11.6 Å². The Balaban J connectivity index is 0.000000320. The second-order valence-electron chi connectivity index (χ2n) is 11.2. The largest absolute Gasteiger partial charge is 0.512 e. The van der Waals surface area contributed by atoms with Crippen molar-refractivity contribution in [2.75, 3.05) is 0 Å². The molecule has 0 bridgehead atoms. The van der Waals surface area contributed by atoms with Crippen molar-refractivity contribution in [2.45, 2.75) is 79.6 Å². The molecule has 0 saturated carbocycles. The van der Waals surface area contributed by atoms with E-state index in [-0.39, 0.29) is 48.9 Å². The number of rotatable bonds is 9. The molecule has 0 aliphatic heterocycles. The van der Waals surface area contributed by atoms with Gasteiger partial charge in [-0.15, -0.1) is 6.07 Å². The van der Waals surface area contributed by atoms with Gasteiger partial charge in [-0.2, -0.15) is 6.07 Å². The van der Waals surface area contributed by atoms with Crippen LogP contribution in [-0.2, 0) is 30.3 Å². The van der Waals surface area contributed by atoms with Crippen LogP contribution < -0.4 is 4.74 Å². The average Bonchev–Trinajstić information content (AvgIpc) is 2.94. The van der Waals surface area contributed by atoms with E-state index in [1.165, 1.54) is 16.8 Å². The Morgan fingerprint density at radius 3 is 2.17 bits per heavy atom. The molecular weight excluding hydrogens is 689 g/mol. The zero-order valence-corrected chi connectivity index (χ0v) is 27.7. The van der Waals surface area contributed by atoms with Gasteiger partial charge in [0.15, 0.2) is 5.78 Å². The molecule has 0 aliphatic rings. The molecule has 0 fully saturated rings. The number of nitrogens with zero attached hydrogens (tertiary/aromatic N) is 2. The van der Waals surface area contributed by atoms with Crippen LogP contribution in [0.5, 0.6) is 11.6 Å². The van der Waals surface area contributed by atoms with E-state index in [0.29, 0.717) is 11.6 Å². The normalized spacial score (nSPS) is 11.8. The van der Waals surface area contributed by atoms with Crippen LogP contribution in [0.15, 0.2) is 72.8 Å². The maximum atomic E-state index is 11.7. The maximum absolute atomic E-state index is 11.7. The summed E-state index contributed by atoms with van der Waals surface area (Å²) in [6.07, 6.45) is 8.42. The van der Waals surface area contributed by atoms with Crippen molar-refractivity contribution in [2.24, 2.45) is 11.8 Å². The Morgan fingerprint density at radius 2 is 1.54 bits per heavy atom. The summed E-state index contributed by atoms with van der Waals surface area (Å²) in [4.78, 5) is 20.5. The van der Waals surface area contributed by atoms with Gasteiger partial charge in [-0.3, -0.25) is 9.78 Å². The van der Waals surface area contributed by atoms with Crippen molar-refractivity contribution >= 4 is 27.3 Å². The number of aliphatic hydroxyl groups is 1. The number of pyridine rings is 2. The molecule has 1 N–H and O–H groups in total. The predicted octanol–water partition coefficient (Wildman–Crippen LogP) is 9.54. The fourth-order valence-electron chi connectivity index (χ4n) is 4.67. The molecule has 1 radical (unpaired) electrons. The average molecular weight is 732 g/mol. The number of carbonyl (C=O) groups is 1. The molecule has 0 unspecified atom stereocenters. The summed E-state index contributed by atoms with van der Waals surface area (Å²) in [7, 11) is 0. The number of aliphatic hydroxyl groups excluding tert-OH is 1. The van der Waals surface area contributed by atoms with Gasteiger partial charge in [0.05, 0.1) is 5.76 Å². The first kappa shape index (κ1) is 34.1. The Labute approximate surface area is 258 Å². The SMILES string of the molecule is CC(C)(C)c1cc(Oc2cc3c(ccc4ccccc43)cn2)[c-]cn1.CCC(CC)C(=O)/C=C(\O)C(CC)CC.[Ir]. The molecule has 5 nitrogen and oxygen atoms in total. The molecule has 41 heavy (non-hydrogen) atoms. The van der Waals surface area contributed by atoms with E-state index in [4.69, 9.17) is 4.74 Å².